The number of methoxy groups -OCH3 is 1. The summed E-state index contributed by atoms with van der Waals surface area (Å²) in [4.78, 5) is 12.6. The molecule has 0 radical (unpaired) electrons. The van der Waals surface area contributed by atoms with Crippen LogP contribution in [0.5, 0.6) is 11.5 Å². The third kappa shape index (κ3) is 5.70. The third-order valence-corrected chi connectivity index (χ3v) is 4.94. The number of halogens is 4. The van der Waals surface area contributed by atoms with Crippen LogP contribution in [-0.4, -0.2) is 13.0 Å². The van der Waals surface area contributed by atoms with Crippen LogP contribution in [0.1, 0.15) is 27.0 Å². The fourth-order valence-corrected chi connectivity index (χ4v) is 2.99. The van der Waals surface area contributed by atoms with Crippen molar-refractivity contribution in [3.63, 3.8) is 0 Å². The van der Waals surface area contributed by atoms with Crippen molar-refractivity contribution in [3.05, 3.63) is 87.9 Å². The highest BCUT2D eigenvalue weighted by atomic mass is 35.5. The summed E-state index contributed by atoms with van der Waals surface area (Å²) < 4.78 is 49.8. The Labute approximate surface area is 182 Å². The van der Waals surface area contributed by atoms with Gasteiger partial charge in [0.15, 0.2) is 0 Å². The summed E-state index contributed by atoms with van der Waals surface area (Å²) >= 11 is 6.02. The van der Waals surface area contributed by atoms with Crippen LogP contribution < -0.4 is 14.8 Å². The van der Waals surface area contributed by atoms with Gasteiger partial charge in [-0.25, -0.2) is 0 Å². The highest BCUT2D eigenvalue weighted by Crippen LogP contribution is 2.31. The van der Waals surface area contributed by atoms with Crippen molar-refractivity contribution >= 4 is 23.2 Å². The second-order valence-electron chi connectivity index (χ2n) is 6.76. The summed E-state index contributed by atoms with van der Waals surface area (Å²) in [6.07, 6.45) is -4.49. The third-order valence-electron chi connectivity index (χ3n) is 4.51. The highest BCUT2D eigenvalue weighted by Gasteiger charge is 2.30. The van der Waals surface area contributed by atoms with Crippen LogP contribution in [0.15, 0.2) is 60.7 Å². The van der Waals surface area contributed by atoms with E-state index in [2.05, 4.69) is 5.32 Å². The molecule has 3 aromatic carbocycles. The average molecular weight is 450 g/mol. The normalized spacial score (nSPS) is 11.2. The molecule has 8 heteroatoms. The zero-order chi connectivity index (χ0) is 22.6. The lowest BCUT2D eigenvalue weighted by molar-refractivity contribution is -0.137. The lowest BCUT2D eigenvalue weighted by Gasteiger charge is -2.13. The van der Waals surface area contributed by atoms with Gasteiger partial charge in [0.1, 0.15) is 18.1 Å². The van der Waals surface area contributed by atoms with Gasteiger partial charge in [-0.3, -0.25) is 4.79 Å². The number of hydrogen-bond donors (Lipinski definition) is 1. The first-order valence-corrected chi connectivity index (χ1v) is 9.59. The molecule has 0 bridgehead atoms. The molecule has 162 valence electrons. The summed E-state index contributed by atoms with van der Waals surface area (Å²) in [7, 11) is 1.49. The molecule has 4 nitrogen and oxygen atoms in total. The van der Waals surface area contributed by atoms with E-state index in [1.54, 1.807) is 30.3 Å². The van der Waals surface area contributed by atoms with E-state index < -0.39 is 17.6 Å². The maximum Gasteiger partial charge on any atom is 0.416 e. The molecule has 31 heavy (non-hydrogen) atoms. The SMILES string of the molecule is COc1ccc(C(=O)Nc2cccc(C(F)(F)F)c2)cc1COc1ccc(Cl)c(C)c1. The Hall–Kier alpha value is -3.19. The van der Waals surface area contributed by atoms with Crippen molar-refractivity contribution in [2.24, 2.45) is 0 Å². The first kappa shape index (κ1) is 22.5. The number of ether oxygens (including phenoxy) is 2. The summed E-state index contributed by atoms with van der Waals surface area (Å²) in [5, 5.41) is 3.11. The summed E-state index contributed by atoms with van der Waals surface area (Å²) in [6.45, 7) is 1.98. The Kier molecular flexibility index (Phi) is 6.75. The number of carbonyl (C=O) groups is 1. The van der Waals surface area contributed by atoms with Gasteiger partial charge in [0.2, 0.25) is 0 Å². The number of carbonyl (C=O) groups excluding carboxylic acids is 1. The van der Waals surface area contributed by atoms with E-state index in [9.17, 15) is 18.0 Å². The zero-order valence-electron chi connectivity index (χ0n) is 16.7. The molecular weight excluding hydrogens is 431 g/mol. The maximum atomic E-state index is 12.9. The van der Waals surface area contributed by atoms with E-state index in [1.807, 2.05) is 6.92 Å². The minimum atomic E-state index is -4.49. The van der Waals surface area contributed by atoms with Crippen molar-refractivity contribution in [2.45, 2.75) is 19.7 Å². The van der Waals surface area contributed by atoms with Crippen LogP contribution in [0.3, 0.4) is 0 Å². The lowest BCUT2D eigenvalue weighted by Crippen LogP contribution is -2.14. The van der Waals surface area contributed by atoms with Gasteiger partial charge in [-0.1, -0.05) is 17.7 Å². The van der Waals surface area contributed by atoms with Gasteiger partial charge >= 0.3 is 6.18 Å². The predicted molar refractivity (Wildman–Crippen MR) is 113 cm³/mol. The first-order valence-electron chi connectivity index (χ1n) is 9.22. The minimum Gasteiger partial charge on any atom is -0.496 e. The topological polar surface area (TPSA) is 47.6 Å². The molecule has 0 saturated heterocycles. The molecule has 1 amide bonds. The molecule has 0 saturated carbocycles. The fourth-order valence-electron chi connectivity index (χ4n) is 2.88. The average Bonchev–Trinajstić information content (AvgIpc) is 2.74. The fraction of sp³-hybridized carbons (Fsp3) is 0.174. The Morgan fingerprint density at radius 3 is 2.52 bits per heavy atom. The minimum absolute atomic E-state index is 0.0464. The Bertz CT molecular complexity index is 1100. The molecule has 0 atom stereocenters. The molecule has 0 aliphatic carbocycles. The van der Waals surface area contributed by atoms with Gasteiger partial charge in [-0.05, 0) is 67.1 Å². The molecular formula is C23H19ClF3NO3. The molecule has 0 unspecified atom stereocenters. The van der Waals surface area contributed by atoms with Crippen LogP contribution >= 0.6 is 11.6 Å². The van der Waals surface area contributed by atoms with Crippen molar-refractivity contribution < 1.29 is 27.4 Å². The van der Waals surface area contributed by atoms with Crippen LogP contribution in [0.4, 0.5) is 18.9 Å². The van der Waals surface area contributed by atoms with Gasteiger partial charge in [0.05, 0.1) is 12.7 Å². The Morgan fingerprint density at radius 1 is 1.06 bits per heavy atom. The largest absolute Gasteiger partial charge is 0.496 e. The Morgan fingerprint density at radius 2 is 1.84 bits per heavy atom. The van der Waals surface area contributed by atoms with E-state index in [0.717, 1.165) is 17.7 Å². The van der Waals surface area contributed by atoms with E-state index in [-0.39, 0.29) is 17.9 Å². The van der Waals surface area contributed by atoms with Crippen LogP contribution in [-0.2, 0) is 12.8 Å². The van der Waals surface area contributed by atoms with Gasteiger partial charge in [-0.15, -0.1) is 0 Å². The lowest BCUT2D eigenvalue weighted by atomic mass is 10.1. The molecule has 1 N–H and O–H groups in total. The smallest absolute Gasteiger partial charge is 0.416 e. The van der Waals surface area contributed by atoms with E-state index in [4.69, 9.17) is 21.1 Å². The first-order chi connectivity index (χ1) is 14.7. The number of amides is 1. The molecule has 0 heterocycles. The number of anilines is 1. The van der Waals surface area contributed by atoms with Gasteiger partial charge in [-0.2, -0.15) is 13.2 Å². The number of rotatable bonds is 6. The number of hydrogen-bond acceptors (Lipinski definition) is 3. The van der Waals surface area contributed by atoms with E-state index in [1.165, 1.54) is 25.3 Å². The summed E-state index contributed by atoms with van der Waals surface area (Å²) in [5.41, 5.74) is 0.925. The Balaban J connectivity index is 1.77. The molecule has 0 spiro atoms. The van der Waals surface area contributed by atoms with E-state index in [0.29, 0.717) is 22.1 Å². The molecule has 0 fully saturated rings. The maximum absolute atomic E-state index is 12.9. The molecule has 0 aromatic heterocycles. The van der Waals surface area contributed by atoms with Crippen LogP contribution in [0.2, 0.25) is 5.02 Å². The molecule has 0 aliphatic heterocycles. The second-order valence-corrected chi connectivity index (χ2v) is 7.17. The van der Waals surface area contributed by atoms with E-state index >= 15 is 0 Å². The van der Waals surface area contributed by atoms with Crippen LogP contribution in [0.25, 0.3) is 0 Å². The molecule has 3 aromatic rings. The number of alkyl halides is 3. The van der Waals surface area contributed by atoms with Crippen molar-refractivity contribution in [1.29, 1.82) is 0 Å². The number of benzene rings is 3. The van der Waals surface area contributed by atoms with Crippen molar-refractivity contribution in [1.82, 2.24) is 0 Å². The van der Waals surface area contributed by atoms with Gasteiger partial charge < -0.3 is 14.8 Å². The van der Waals surface area contributed by atoms with Crippen molar-refractivity contribution in [3.8, 4) is 11.5 Å². The highest BCUT2D eigenvalue weighted by molar-refractivity contribution is 6.31. The monoisotopic (exact) mass is 449 g/mol. The standard InChI is InChI=1S/C23H19ClF3NO3/c1-14-10-19(7-8-20(14)24)31-13-16-11-15(6-9-21(16)30-2)22(29)28-18-5-3-4-17(12-18)23(25,26)27/h3-12H,13H2,1-2H3,(H,28,29). The molecule has 0 aliphatic rings. The summed E-state index contributed by atoms with van der Waals surface area (Å²) in [6, 6.07) is 14.4. The number of nitrogens with one attached hydrogen (secondary N) is 1. The van der Waals surface area contributed by atoms with Crippen molar-refractivity contribution in [2.75, 3.05) is 12.4 Å². The summed E-state index contributed by atoms with van der Waals surface area (Å²) in [5.74, 6) is 0.564. The second kappa shape index (κ2) is 9.31. The van der Waals surface area contributed by atoms with Gasteiger partial charge in [0.25, 0.3) is 5.91 Å². The van der Waals surface area contributed by atoms with Crippen LogP contribution in [0, 0.1) is 6.92 Å². The van der Waals surface area contributed by atoms with Gasteiger partial charge in [0, 0.05) is 21.8 Å². The zero-order valence-corrected chi connectivity index (χ0v) is 17.5. The predicted octanol–water partition coefficient (Wildman–Crippen LogP) is 6.51. The number of aryl methyl sites for hydroxylation is 1. The molecule has 3 rings (SSSR count). The quantitative estimate of drug-likeness (QED) is 0.467.